The molecule has 0 aromatic heterocycles. The number of non-ortho nitro benzene ring substituents is 1. The molecule has 0 saturated carbocycles. The van der Waals surface area contributed by atoms with Gasteiger partial charge in [0.1, 0.15) is 5.54 Å². The highest BCUT2D eigenvalue weighted by molar-refractivity contribution is 7.88. The van der Waals surface area contributed by atoms with Crippen LogP contribution < -0.4 is 4.72 Å². The maximum atomic E-state index is 12.1. The molecule has 1 aromatic carbocycles. The van der Waals surface area contributed by atoms with E-state index in [4.69, 9.17) is 5.26 Å². The molecule has 0 bridgehead atoms. The molecule has 0 saturated heterocycles. The van der Waals surface area contributed by atoms with Crippen molar-refractivity contribution < 1.29 is 13.3 Å². The molecule has 0 aliphatic carbocycles. The van der Waals surface area contributed by atoms with Crippen molar-refractivity contribution >= 4 is 15.7 Å². The summed E-state index contributed by atoms with van der Waals surface area (Å²) in [5.74, 6) is -0.325. The number of nitriles is 1. The summed E-state index contributed by atoms with van der Waals surface area (Å²) in [7, 11) is -3.70. The Balaban J connectivity index is 2.90. The third kappa shape index (κ3) is 4.51. The fourth-order valence-corrected chi connectivity index (χ4v) is 3.48. The van der Waals surface area contributed by atoms with Gasteiger partial charge in [-0.3, -0.25) is 10.1 Å². The van der Waals surface area contributed by atoms with Crippen LogP contribution in [0.5, 0.6) is 0 Å². The van der Waals surface area contributed by atoms with Crippen LogP contribution in [0.3, 0.4) is 0 Å². The molecule has 1 N–H and O–H groups in total. The van der Waals surface area contributed by atoms with E-state index in [1.54, 1.807) is 13.8 Å². The summed E-state index contributed by atoms with van der Waals surface area (Å²) in [5, 5.41) is 19.7. The van der Waals surface area contributed by atoms with E-state index in [0.717, 1.165) is 0 Å². The molecule has 0 amide bonds. The van der Waals surface area contributed by atoms with Crippen molar-refractivity contribution in [2.75, 3.05) is 0 Å². The topological polar surface area (TPSA) is 113 Å². The molecule has 1 aromatic rings. The van der Waals surface area contributed by atoms with E-state index < -0.39 is 20.5 Å². The molecule has 0 radical (unpaired) electrons. The van der Waals surface area contributed by atoms with Crippen LogP contribution in [0.15, 0.2) is 24.3 Å². The first-order valence-electron chi connectivity index (χ1n) is 6.43. The molecule has 114 valence electrons. The lowest BCUT2D eigenvalue weighted by Gasteiger charge is -2.24. The van der Waals surface area contributed by atoms with E-state index in [2.05, 4.69) is 4.72 Å². The van der Waals surface area contributed by atoms with Gasteiger partial charge >= 0.3 is 0 Å². The average molecular weight is 311 g/mol. The Kier molecular flexibility index (Phi) is 5.41. The number of hydrogen-bond acceptors (Lipinski definition) is 5. The van der Waals surface area contributed by atoms with Gasteiger partial charge in [-0.25, -0.2) is 8.42 Å². The number of hydrogen-bond donors (Lipinski definition) is 1. The minimum absolute atomic E-state index is 0.0994. The zero-order valence-electron chi connectivity index (χ0n) is 11.9. The predicted molar refractivity (Wildman–Crippen MR) is 77.8 cm³/mol. The summed E-state index contributed by atoms with van der Waals surface area (Å²) in [6, 6.07) is 7.29. The summed E-state index contributed by atoms with van der Waals surface area (Å²) in [6.07, 6.45) is 0.721. The lowest BCUT2D eigenvalue weighted by Crippen LogP contribution is -2.46. The molecule has 0 aliphatic heterocycles. The lowest BCUT2D eigenvalue weighted by molar-refractivity contribution is -0.384. The first-order valence-corrected chi connectivity index (χ1v) is 8.09. The molecule has 0 atom stereocenters. The minimum atomic E-state index is -3.70. The summed E-state index contributed by atoms with van der Waals surface area (Å²) < 4.78 is 26.6. The van der Waals surface area contributed by atoms with Crippen molar-refractivity contribution in [2.24, 2.45) is 0 Å². The maximum absolute atomic E-state index is 12.1. The van der Waals surface area contributed by atoms with Crippen molar-refractivity contribution in [3.05, 3.63) is 39.9 Å². The fraction of sp³-hybridized carbons (Fsp3) is 0.462. The number of nitro groups is 1. The number of benzene rings is 1. The fourth-order valence-electron chi connectivity index (χ4n) is 1.84. The number of sulfonamides is 1. The van der Waals surface area contributed by atoms with E-state index in [9.17, 15) is 18.5 Å². The lowest BCUT2D eigenvalue weighted by atomic mass is 9.97. The second-order valence-electron chi connectivity index (χ2n) is 4.69. The van der Waals surface area contributed by atoms with Gasteiger partial charge < -0.3 is 0 Å². The number of nitro benzene ring substituents is 1. The molecule has 1 rings (SSSR count). The first kappa shape index (κ1) is 17.1. The summed E-state index contributed by atoms with van der Waals surface area (Å²) in [6.45, 7) is 3.47. The zero-order valence-corrected chi connectivity index (χ0v) is 12.7. The molecule has 7 nitrogen and oxygen atoms in total. The predicted octanol–water partition coefficient (Wildman–Crippen LogP) is 2.10. The van der Waals surface area contributed by atoms with Crippen molar-refractivity contribution in [2.45, 2.75) is 38.0 Å². The minimum Gasteiger partial charge on any atom is -0.258 e. The van der Waals surface area contributed by atoms with Crippen molar-refractivity contribution in [1.82, 2.24) is 4.72 Å². The van der Waals surface area contributed by atoms with Crippen LogP contribution in [0.4, 0.5) is 5.69 Å². The van der Waals surface area contributed by atoms with Crippen LogP contribution in [0.25, 0.3) is 0 Å². The van der Waals surface area contributed by atoms with E-state index in [-0.39, 0.29) is 11.4 Å². The zero-order chi connectivity index (χ0) is 16.1. The van der Waals surface area contributed by atoms with Crippen LogP contribution in [0.2, 0.25) is 0 Å². The third-order valence-electron chi connectivity index (χ3n) is 3.28. The van der Waals surface area contributed by atoms with Gasteiger partial charge in [-0.2, -0.15) is 9.98 Å². The molecule has 0 spiro atoms. The van der Waals surface area contributed by atoms with Gasteiger partial charge in [0.25, 0.3) is 5.69 Å². The smallest absolute Gasteiger partial charge is 0.258 e. The van der Waals surface area contributed by atoms with E-state index in [0.29, 0.717) is 18.4 Å². The second kappa shape index (κ2) is 6.65. The number of rotatable bonds is 7. The Morgan fingerprint density at radius 1 is 1.29 bits per heavy atom. The summed E-state index contributed by atoms with van der Waals surface area (Å²) in [5.41, 5.74) is -0.788. The van der Waals surface area contributed by atoms with Crippen molar-refractivity contribution in [3.8, 4) is 6.07 Å². The SMILES string of the molecule is CCC(C#N)(CC)NS(=O)(=O)Cc1ccc([N+](=O)[O-])cc1. The quantitative estimate of drug-likeness (QED) is 0.612. The first-order chi connectivity index (χ1) is 9.77. The molecule has 0 aliphatic rings. The Hall–Kier alpha value is -1.98. The van der Waals surface area contributed by atoms with Gasteiger partial charge in [-0.1, -0.05) is 26.0 Å². The van der Waals surface area contributed by atoms with Gasteiger partial charge in [0.2, 0.25) is 10.0 Å². The Morgan fingerprint density at radius 2 is 1.81 bits per heavy atom. The Bertz CT molecular complexity index is 643. The molecule has 0 heterocycles. The largest absolute Gasteiger partial charge is 0.269 e. The number of nitrogens with zero attached hydrogens (tertiary/aromatic N) is 2. The molecule has 21 heavy (non-hydrogen) atoms. The highest BCUT2D eigenvalue weighted by atomic mass is 32.2. The molecule has 0 unspecified atom stereocenters. The van der Waals surface area contributed by atoms with Crippen LogP contribution in [0.1, 0.15) is 32.3 Å². The average Bonchev–Trinajstić information content (AvgIpc) is 2.45. The molecular weight excluding hydrogens is 294 g/mol. The van der Waals surface area contributed by atoms with E-state index in [1.807, 2.05) is 6.07 Å². The Morgan fingerprint density at radius 3 is 2.19 bits per heavy atom. The standard InChI is InChI=1S/C13H17N3O4S/c1-3-13(4-2,10-14)15-21(19,20)9-11-5-7-12(8-6-11)16(17)18/h5-8,15H,3-4,9H2,1-2H3. The molecular formula is C13H17N3O4S. The monoisotopic (exact) mass is 311 g/mol. The Labute approximate surface area is 123 Å². The highest BCUT2D eigenvalue weighted by Crippen LogP contribution is 2.18. The second-order valence-corrected chi connectivity index (χ2v) is 6.41. The third-order valence-corrected chi connectivity index (χ3v) is 4.69. The summed E-state index contributed by atoms with van der Waals surface area (Å²) >= 11 is 0. The van der Waals surface area contributed by atoms with Gasteiger partial charge in [0, 0.05) is 12.1 Å². The van der Waals surface area contributed by atoms with Crippen molar-refractivity contribution in [1.29, 1.82) is 5.26 Å². The van der Waals surface area contributed by atoms with Crippen molar-refractivity contribution in [3.63, 3.8) is 0 Å². The molecule has 0 fully saturated rings. The van der Waals surface area contributed by atoms with E-state index in [1.165, 1.54) is 24.3 Å². The van der Waals surface area contributed by atoms with Gasteiger partial charge in [0.05, 0.1) is 16.7 Å². The van der Waals surface area contributed by atoms with Gasteiger partial charge in [-0.05, 0) is 18.4 Å². The normalized spacial score (nSPS) is 11.9. The highest BCUT2D eigenvalue weighted by Gasteiger charge is 2.31. The van der Waals surface area contributed by atoms with E-state index >= 15 is 0 Å². The van der Waals surface area contributed by atoms with Gasteiger partial charge in [-0.15, -0.1) is 0 Å². The van der Waals surface area contributed by atoms with Crippen LogP contribution in [0, 0.1) is 21.4 Å². The number of nitrogens with one attached hydrogen (secondary N) is 1. The van der Waals surface area contributed by atoms with Crippen LogP contribution >= 0.6 is 0 Å². The maximum Gasteiger partial charge on any atom is 0.269 e. The van der Waals surface area contributed by atoms with Gasteiger partial charge in [0.15, 0.2) is 0 Å². The molecule has 8 heteroatoms. The van der Waals surface area contributed by atoms with Crippen LogP contribution in [-0.2, 0) is 15.8 Å². The van der Waals surface area contributed by atoms with Crippen LogP contribution in [-0.4, -0.2) is 18.9 Å². The summed E-state index contributed by atoms with van der Waals surface area (Å²) in [4.78, 5) is 9.99.